The number of carbonyl (C=O) groups excluding carboxylic acids is 1. The van der Waals surface area contributed by atoms with E-state index >= 15 is 0 Å². The molecule has 25 heavy (non-hydrogen) atoms. The van der Waals surface area contributed by atoms with Crippen molar-refractivity contribution in [3.63, 3.8) is 0 Å². The maximum absolute atomic E-state index is 12.0. The maximum Gasteiger partial charge on any atom is 0.262 e. The minimum Gasteiger partial charge on any atom is -0.484 e. The van der Waals surface area contributed by atoms with Gasteiger partial charge in [0.25, 0.3) is 5.91 Å². The summed E-state index contributed by atoms with van der Waals surface area (Å²) >= 11 is 0. The van der Waals surface area contributed by atoms with Gasteiger partial charge in [-0.25, -0.2) is 13.1 Å². The van der Waals surface area contributed by atoms with Crippen molar-refractivity contribution in [3.8, 4) is 5.75 Å². The SMILES string of the molecule is Cc1cccc(OCC(=O)Nc2ccc(S(=O)(=O)NC(C)C)cc2)c1. The predicted molar refractivity (Wildman–Crippen MR) is 97.2 cm³/mol. The van der Waals surface area contributed by atoms with Crippen molar-refractivity contribution < 1.29 is 17.9 Å². The number of amides is 1. The third kappa shape index (κ3) is 5.88. The monoisotopic (exact) mass is 362 g/mol. The van der Waals surface area contributed by atoms with Gasteiger partial charge in [0.05, 0.1) is 4.90 Å². The molecule has 2 aromatic rings. The fourth-order valence-corrected chi connectivity index (χ4v) is 3.40. The Hall–Kier alpha value is -2.38. The highest BCUT2D eigenvalue weighted by molar-refractivity contribution is 7.89. The van der Waals surface area contributed by atoms with E-state index in [1.54, 1.807) is 32.0 Å². The molecular weight excluding hydrogens is 340 g/mol. The number of benzene rings is 2. The summed E-state index contributed by atoms with van der Waals surface area (Å²) in [5.74, 6) is 0.300. The van der Waals surface area contributed by atoms with Crippen LogP contribution in [0.5, 0.6) is 5.75 Å². The van der Waals surface area contributed by atoms with Gasteiger partial charge in [-0.05, 0) is 62.7 Å². The molecule has 2 N–H and O–H groups in total. The van der Waals surface area contributed by atoms with Crippen LogP contribution in [0.25, 0.3) is 0 Å². The lowest BCUT2D eigenvalue weighted by Crippen LogP contribution is -2.30. The highest BCUT2D eigenvalue weighted by Crippen LogP contribution is 2.15. The Balaban J connectivity index is 1.93. The number of sulfonamides is 1. The average molecular weight is 362 g/mol. The van der Waals surface area contributed by atoms with E-state index in [1.807, 2.05) is 25.1 Å². The van der Waals surface area contributed by atoms with Crippen molar-refractivity contribution in [2.45, 2.75) is 31.7 Å². The van der Waals surface area contributed by atoms with Crippen molar-refractivity contribution in [3.05, 3.63) is 54.1 Å². The summed E-state index contributed by atoms with van der Waals surface area (Å²) in [5, 5.41) is 2.67. The Labute approximate surface area is 148 Å². The van der Waals surface area contributed by atoms with Crippen LogP contribution in [0.3, 0.4) is 0 Å². The fraction of sp³-hybridized carbons (Fsp3) is 0.278. The molecule has 2 aromatic carbocycles. The molecule has 0 unspecified atom stereocenters. The van der Waals surface area contributed by atoms with Crippen LogP contribution in [0.1, 0.15) is 19.4 Å². The number of anilines is 1. The van der Waals surface area contributed by atoms with Crippen LogP contribution in [-0.4, -0.2) is 27.0 Å². The predicted octanol–water partition coefficient (Wildman–Crippen LogP) is 2.70. The number of hydrogen-bond donors (Lipinski definition) is 2. The lowest BCUT2D eigenvalue weighted by atomic mass is 10.2. The number of rotatable bonds is 7. The molecule has 0 aromatic heterocycles. The van der Waals surface area contributed by atoms with E-state index in [1.165, 1.54) is 12.1 Å². The lowest BCUT2D eigenvalue weighted by Gasteiger charge is -2.11. The molecule has 134 valence electrons. The van der Waals surface area contributed by atoms with Crippen LogP contribution in [0.15, 0.2) is 53.4 Å². The summed E-state index contributed by atoms with van der Waals surface area (Å²) in [6, 6.07) is 13.2. The zero-order chi connectivity index (χ0) is 18.4. The molecule has 0 atom stereocenters. The summed E-state index contributed by atoms with van der Waals surface area (Å²) < 4.78 is 32.0. The molecule has 0 aliphatic carbocycles. The normalized spacial score (nSPS) is 11.4. The standard InChI is InChI=1S/C18H22N2O4S/c1-13(2)20-25(22,23)17-9-7-15(8-10-17)19-18(21)12-24-16-6-4-5-14(3)11-16/h4-11,13,20H,12H2,1-3H3,(H,19,21). The van der Waals surface area contributed by atoms with Gasteiger partial charge in [0, 0.05) is 11.7 Å². The maximum atomic E-state index is 12.0. The van der Waals surface area contributed by atoms with E-state index in [-0.39, 0.29) is 23.5 Å². The van der Waals surface area contributed by atoms with Crippen LogP contribution < -0.4 is 14.8 Å². The Kier molecular flexibility index (Phi) is 6.17. The number of carbonyl (C=O) groups is 1. The number of ether oxygens (including phenoxy) is 1. The van der Waals surface area contributed by atoms with Crippen LogP contribution in [0.4, 0.5) is 5.69 Å². The zero-order valence-corrected chi connectivity index (χ0v) is 15.3. The molecule has 0 radical (unpaired) electrons. The Morgan fingerprint density at radius 1 is 1.12 bits per heavy atom. The molecule has 0 aliphatic rings. The number of nitrogens with one attached hydrogen (secondary N) is 2. The second-order valence-corrected chi connectivity index (χ2v) is 7.67. The lowest BCUT2D eigenvalue weighted by molar-refractivity contribution is -0.118. The summed E-state index contributed by atoms with van der Waals surface area (Å²) in [6.45, 7) is 5.32. The molecule has 1 amide bonds. The molecule has 0 heterocycles. The van der Waals surface area contributed by atoms with Crippen molar-refractivity contribution in [1.82, 2.24) is 4.72 Å². The van der Waals surface area contributed by atoms with Crippen molar-refractivity contribution in [1.29, 1.82) is 0 Å². The van der Waals surface area contributed by atoms with Gasteiger partial charge >= 0.3 is 0 Å². The minimum atomic E-state index is -3.54. The molecule has 0 saturated heterocycles. The topological polar surface area (TPSA) is 84.5 Å². The molecule has 0 spiro atoms. The van der Waals surface area contributed by atoms with Gasteiger partial charge in [0.2, 0.25) is 10.0 Å². The third-order valence-corrected chi connectivity index (χ3v) is 4.87. The highest BCUT2D eigenvalue weighted by Gasteiger charge is 2.15. The Morgan fingerprint density at radius 3 is 2.40 bits per heavy atom. The summed E-state index contributed by atoms with van der Waals surface area (Å²) in [4.78, 5) is 12.1. The van der Waals surface area contributed by atoms with Gasteiger partial charge in [-0.2, -0.15) is 0 Å². The smallest absolute Gasteiger partial charge is 0.262 e. The molecule has 6 nitrogen and oxygen atoms in total. The summed E-state index contributed by atoms with van der Waals surface area (Å²) in [5.41, 5.74) is 1.55. The number of aryl methyl sites for hydroxylation is 1. The molecule has 2 rings (SSSR count). The Morgan fingerprint density at radius 2 is 1.80 bits per heavy atom. The summed E-state index contributed by atoms with van der Waals surface area (Å²) in [7, 11) is -3.54. The second kappa shape index (κ2) is 8.13. The molecule has 0 aliphatic heterocycles. The number of hydrogen-bond acceptors (Lipinski definition) is 4. The molecule has 7 heteroatoms. The molecule has 0 saturated carbocycles. The van der Waals surface area contributed by atoms with Crippen molar-refractivity contribution in [2.75, 3.05) is 11.9 Å². The minimum absolute atomic E-state index is 0.127. The van der Waals surface area contributed by atoms with Crippen LogP contribution in [0.2, 0.25) is 0 Å². The van der Waals surface area contributed by atoms with E-state index < -0.39 is 10.0 Å². The van der Waals surface area contributed by atoms with Gasteiger partial charge in [0.15, 0.2) is 6.61 Å². The average Bonchev–Trinajstić information content (AvgIpc) is 2.52. The first kappa shape index (κ1) is 19.0. The first-order valence-corrected chi connectivity index (χ1v) is 9.36. The zero-order valence-electron chi connectivity index (χ0n) is 14.4. The molecular formula is C18H22N2O4S. The molecule has 0 bridgehead atoms. The first-order chi connectivity index (χ1) is 11.8. The first-order valence-electron chi connectivity index (χ1n) is 7.88. The van der Waals surface area contributed by atoms with Crippen LogP contribution >= 0.6 is 0 Å². The van der Waals surface area contributed by atoms with E-state index in [0.29, 0.717) is 11.4 Å². The van der Waals surface area contributed by atoms with E-state index in [9.17, 15) is 13.2 Å². The molecule has 0 fully saturated rings. The highest BCUT2D eigenvalue weighted by atomic mass is 32.2. The van der Waals surface area contributed by atoms with Crippen LogP contribution in [-0.2, 0) is 14.8 Å². The van der Waals surface area contributed by atoms with Crippen LogP contribution in [0, 0.1) is 6.92 Å². The van der Waals surface area contributed by atoms with Gasteiger partial charge < -0.3 is 10.1 Å². The largest absolute Gasteiger partial charge is 0.484 e. The van der Waals surface area contributed by atoms with E-state index in [4.69, 9.17) is 4.74 Å². The van der Waals surface area contributed by atoms with Crippen molar-refractivity contribution in [2.24, 2.45) is 0 Å². The van der Waals surface area contributed by atoms with E-state index in [0.717, 1.165) is 5.56 Å². The second-order valence-electron chi connectivity index (χ2n) is 5.95. The quantitative estimate of drug-likeness (QED) is 0.793. The van der Waals surface area contributed by atoms with Gasteiger partial charge in [0.1, 0.15) is 5.75 Å². The van der Waals surface area contributed by atoms with E-state index in [2.05, 4.69) is 10.0 Å². The van der Waals surface area contributed by atoms with Crippen molar-refractivity contribution >= 4 is 21.6 Å². The van der Waals surface area contributed by atoms with Gasteiger partial charge in [-0.1, -0.05) is 12.1 Å². The van der Waals surface area contributed by atoms with Gasteiger partial charge in [-0.3, -0.25) is 4.79 Å². The Bertz CT molecular complexity index is 830. The van der Waals surface area contributed by atoms with Gasteiger partial charge in [-0.15, -0.1) is 0 Å². The fourth-order valence-electron chi connectivity index (χ4n) is 2.15. The third-order valence-electron chi connectivity index (χ3n) is 3.20. The summed E-state index contributed by atoms with van der Waals surface area (Å²) in [6.07, 6.45) is 0.